The molecule has 69 heavy (non-hydrogen) atoms. The highest BCUT2D eigenvalue weighted by atomic mass is 35.5. The number of carbonyl (C=O) groups is 5. The monoisotopic (exact) mass is 972 g/mol. The van der Waals surface area contributed by atoms with Gasteiger partial charge in [-0.1, -0.05) is 44.5 Å². The van der Waals surface area contributed by atoms with Crippen LogP contribution in [0.3, 0.4) is 0 Å². The van der Waals surface area contributed by atoms with Crippen molar-refractivity contribution in [3.05, 3.63) is 111 Å². The summed E-state index contributed by atoms with van der Waals surface area (Å²) in [5.41, 5.74) is 6.91. The Morgan fingerprint density at radius 3 is 2.41 bits per heavy atom. The third-order valence-corrected chi connectivity index (χ3v) is 14.4. The summed E-state index contributed by atoms with van der Waals surface area (Å²) < 4.78 is 65.4. The van der Waals surface area contributed by atoms with E-state index in [2.05, 4.69) is 20.5 Å². The van der Waals surface area contributed by atoms with Crippen LogP contribution in [0.1, 0.15) is 103 Å². The first kappa shape index (κ1) is 47.6. The van der Waals surface area contributed by atoms with Gasteiger partial charge in [-0.15, -0.1) is 0 Å². The van der Waals surface area contributed by atoms with Crippen LogP contribution in [0.2, 0.25) is 5.02 Å². The first-order valence-corrected chi connectivity index (χ1v) is 23.4. The van der Waals surface area contributed by atoms with Crippen LogP contribution in [0.4, 0.5) is 34.6 Å². The average molecular weight is 973 g/mol. The lowest BCUT2D eigenvalue weighted by Crippen LogP contribution is -2.52. The SMILES string of the molecule is CC(C)Oc1cc(C(=O)N2CCN(c3ccc4c(c3)CN(C3CCC(=O)NC3=O)C4=O)CC2)ccc1N1[C@@H](CC(C)(C)C)[C@@]2(CNc3cc(C(F)(F)F)ncc32)[C@@H](c2cccc(Cl)c2F)[C@@H]1C(N)=O. The summed E-state index contributed by atoms with van der Waals surface area (Å²) in [5.74, 6) is -3.83. The molecule has 0 saturated carbocycles. The second kappa shape index (κ2) is 17.5. The number of aromatic nitrogens is 1. The number of imide groups is 1. The highest BCUT2D eigenvalue weighted by Crippen LogP contribution is 2.61. The number of nitrogens with two attached hydrogens (primary N) is 1. The molecule has 4 N–H and O–H groups in total. The number of hydrogen-bond donors (Lipinski definition) is 3. The summed E-state index contributed by atoms with van der Waals surface area (Å²) in [7, 11) is 0. The summed E-state index contributed by atoms with van der Waals surface area (Å²) in [5, 5.41) is 5.30. The van der Waals surface area contributed by atoms with Gasteiger partial charge in [0.05, 0.1) is 16.8 Å². The van der Waals surface area contributed by atoms with Crippen molar-refractivity contribution >= 4 is 58.2 Å². The molecule has 19 heteroatoms. The van der Waals surface area contributed by atoms with Crippen LogP contribution in [0.5, 0.6) is 5.75 Å². The molecule has 3 fully saturated rings. The standard InChI is InChI=1S/C50H53ClF4N8O6/c1-26(2)69-37-20-27(46(67)61-17-15-60(16-18-61)29-10-11-30-28(19-29)24-62(47(30)68)36-13-14-40(64)59-45(36)66)9-12-35(37)63-39(22-48(3,4)5)49(25-58-34-21-38(50(53,54)55)57-23-32(34)49)41(43(63)44(56)65)31-7-6-8-33(51)42(31)52/h6-12,19-21,23,26,36,39,41,43,58H,13-18,22,24-25H2,1-5H3,(H2,56,65)(H,59,64,66)/t36?,39-,41-,43+,49-/m0/s1. The van der Waals surface area contributed by atoms with Crippen molar-refractivity contribution in [1.82, 2.24) is 20.1 Å². The van der Waals surface area contributed by atoms with E-state index in [1.54, 1.807) is 35.2 Å². The Bertz CT molecular complexity index is 2780. The highest BCUT2D eigenvalue weighted by Gasteiger charge is 2.66. The number of hydrogen-bond acceptors (Lipinski definition) is 10. The molecule has 9 rings (SSSR count). The minimum atomic E-state index is -4.75. The molecular weight excluding hydrogens is 920 g/mol. The van der Waals surface area contributed by atoms with E-state index >= 15 is 4.39 Å². The number of amides is 5. The number of piperidine rings is 1. The zero-order valence-electron chi connectivity index (χ0n) is 38.8. The minimum Gasteiger partial charge on any atom is -0.489 e. The van der Waals surface area contributed by atoms with Gasteiger partial charge < -0.3 is 35.4 Å². The number of anilines is 3. The number of fused-ring (bicyclic) bond motifs is 3. The van der Waals surface area contributed by atoms with Gasteiger partial charge in [-0.25, -0.2) is 4.39 Å². The van der Waals surface area contributed by atoms with E-state index < -0.39 is 70.5 Å². The number of primary amides is 1. The lowest BCUT2D eigenvalue weighted by atomic mass is 9.63. The first-order valence-electron chi connectivity index (χ1n) is 23.0. The number of halogens is 5. The molecule has 1 unspecified atom stereocenters. The number of nitrogens with one attached hydrogen (secondary N) is 2. The topological polar surface area (TPSA) is 171 Å². The van der Waals surface area contributed by atoms with Crippen LogP contribution in [-0.2, 0) is 32.5 Å². The van der Waals surface area contributed by atoms with Crippen molar-refractivity contribution in [2.75, 3.05) is 47.8 Å². The van der Waals surface area contributed by atoms with E-state index in [0.29, 0.717) is 55.0 Å². The van der Waals surface area contributed by atoms with E-state index in [-0.39, 0.29) is 65.7 Å². The number of pyridine rings is 1. The molecule has 4 aromatic rings. The highest BCUT2D eigenvalue weighted by molar-refractivity contribution is 6.30. The second-order valence-electron chi connectivity index (χ2n) is 20.0. The molecular formula is C50H53ClF4N8O6. The molecule has 1 aromatic heterocycles. The Labute approximate surface area is 401 Å². The molecule has 0 bridgehead atoms. The summed E-state index contributed by atoms with van der Waals surface area (Å²) in [6.45, 7) is 11.5. The predicted octanol–water partition coefficient (Wildman–Crippen LogP) is 7.03. The molecule has 5 atom stereocenters. The number of alkyl halides is 3. The van der Waals surface area contributed by atoms with Gasteiger partial charge in [0.2, 0.25) is 17.7 Å². The molecule has 5 amide bonds. The lowest BCUT2D eigenvalue weighted by molar-refractivity contribution is -0.141. The van der Waals surface area contributed by atoms with Gasteiger partial charge in [0.1, 0.15) is 29.3 Å². The van der Waals surface area contributed by atoms with Gasteiger partial charge in [-0.3, -0.25) is 34.3 Å². The van der Waals surface area contributed by atoms with Crippen molar-refractivity contribution in [2.45, 2.75) is 102 Å². The summed E-state index contributed by atoms with van der Waals surface area (Å²) in [6, 6.07) is 13.1. The maximum Gasteiger partial charge on any atom is 0.433 e. The molecule has 5 aliphatic rings. The van der Waals surface area contributed by atoms with E-state index in [9.17, 15) is 37.1 Å². The maximum atomic E-state index is 16.6. The quantitative estimate of drug-likeness (QED) is 0.117. The third kappa shape index (κ3) is 8.47. The van der Waals surface area contributed by atoms with E-state index in [0.717, 1.165) is 17.3 Å². The maximum absolute atomic E-state index is 16.6. The number of carbonyl (C=O) groups excluding carboxylic acids is 5. The van der Waals surface area contributed by atoms with Gasteiger partial charge in [0.15, 0.2) is 0 Å². The van der Waals surface area contributed by atoms with Gasteiger partial charge in [-0.05, 0) is 91.8 Å². The molecule has 6 heterocycles. The van der Waals surface area contributed by atoms with Gasteiger partial charge in [0.25, 0.3) is 11.8 Å². The van der Waals surface area contributed by atoms with E-state index in [1.807, 2.05) is 51.7 Å². The molecule has 5 aliphatic heterocycles. The second-order valence-corrected chi connectivity index (χ2v) is 20.4. The Balaban J connectivity index is 1.04. The molecule has 3 aromatic carbocycles. The molecule has 14 nitrogen and oxygen atoms in total. The number of rotatable bonds is 9. The largest absolute Gasteiger partial charge is 0.489 e. The smallest absolute Gasteiger partial charge is 0.433 e. The first-order chi connectivity index (χ1) is 32.6. The number of piperazine rings is 1. The normalized spacial score (nSPS) is 23.7. The van der Waals surface area contributed by atoms with Crippen LogP contribution in [0.25, 0.3) is 0 Å². The fourth-order valence-electron chi connectivity index (χ4n) is 11.1. The summed E-state index contributed by atoms with van der Waals surface area (Å²) in [6.07, 6.45) is -3.25. The Hall–Kier alpha value is -6.43. The van der Waals surface area contributed by atoms with E-state index in [4.69, 9.17) is 22.1 Å². The number of ether oxygens (including phenoxy) is 1. The van der Waals surface area contributed by atoms with Gasteiger partial charge in [0, 0.05) is 97.3 Å². The molecule has 1 spiro atoms. The Kier molecular flexibility index (Phi) is 12.1. The summed E-state index contributed by atoms with van der Waals surface area (Å²) in [4.78, 5) is 77.3. The third-order valence-electron chi connectivity index (χ3n) is 14.1. The van der Waals surface area contributed by atoms with Crippen LogP contribution < -0.4 is 30.9 Å². The van der Waals surface area contributed by atoms with Crippen LogP contribution in [0.15, 0.2) is 66.9 Å². The minimum absolute atomic E-state index is 0.00370. The van der Waals surface area contributed by atoms with Crippen LogP contribution >= 0.6 is 11.6 Å². The van der Waals surface area contributed by atoms with E-state index in [1.165, 1.54) is 23.2 Å². The molecule has 0 aliphatic carbocycles. The van der Waals surface area contributed by atoms with Crippen molar-refractivity contribution in [3.8, 4) is 5.75 Å². The molecule has 0 radical (unpaired) electrons. The van der Waals surface area contributed by atoms with Crippen molar-refractivity contribution in [2.24, 2.45) is 11.1 Å². The van der Waals surface area contributed by atoms with Gasteiger partial charge in [-0.2, -0.15) is 13.2 Å². The average Bonchev–Trinajstić information content (AvgIpc) is 3.92. The lowest BCUT2D eigenvalue weighted by Gasteiger charge is -2.42. The Morgan fingerprint density at radius 1 is 1.00 bits per heavy atom. The molecule has 3 saturated heterocycles. The fraction of sp³-hybridized carbons (Fsp3) is 0.440. The zero-order valence-corrected chi connectivity index (χ0v) is 39.5. The predicted molar refractivity (Wildman–Crippen MR) is 250 cm³/mol. The number of nitrogens with zero attached hydrogens (tertiary/aromatic N) is 5. The zero-order chi connectivity index (χ0) is 49.5. The van der Waals surface area contributed by atoms with Crippen LogP contribution in [0, 0.1) is 11.2 Å². The van der Waals surface area contributed by atoms with Crippen molar-refractivity contribution in [3.63, 3.8) is 0 Å². The fourth-order valence-corrected chi connectivity index (χ4v) is 11.3. The van der Waals surface area contributed by atoms with Crippen molar-refractivity contribution in [1.29, 1.82) is 0 Å². The Morgan fingerprint density at radius 2 is 1.74 bits per heavy atom. The van der Waals surface area contributed by atoms with Crippen LogP contribution in [-0.4, -0.2) is 101 Å². The van der Waals surface area contributed by atoms with Gasteiger partial charge >= 0.3 is 6.18 Å². The summed E-state index contributed by atoms with van der Waals surface area (Å²) >= 11 is 6.43. The van der Waals surface area contributed by atoms with Crippen molar-refractivity contribution < 1.29 is 46.3 Å². The molecule has 364 valence electrons. The number of benzene rings is 3.